The van der Waals surface area contributed by atoms with Crippen molar-refractivity contribution in [2.24, 2.45) is 11.8 Å². The van der Waals surface area contributed by atoms with Gasteiger partial charge in [-0.25, -0.2) is 0 Å². The maximum Gasteiger partial charge on any atom is 0.270 e. The van der Waals surface area contributed by atoms with Crippen LogP contribution in [0.4, 0.5) is 0 Å². The summed E-state index contributed by atoms with van der Waals surface area (Å²) in [5, 5.41) is 0.923. The number of carbonyl (C=O) groups is 2. The van der Waals surface area contributed by atoms with Gasteiger partial charge in [0.2, 0.25) is 5.91 Å². The Morgan fingerprint density at radius 2 is 1.90 bits per heavy atom. The Balaban J connectivity index is 1.39. The summed E-state index contributed by atoms with van der Waals surface area (Å²) in [6.07, 6.45) is 3.85. The number of nitrogens with zero attached hydrogens (tertiary/aromatic N) is 2. The monoisotopic (exact) mass is 397 g/mol. The summed E-state index contributed by atoms with van der Waals surface area (Å²) in [4.78, 5) is 32.9. The predicted octanol–water partition coefficient (Wildman–Crippen LogP) is 2.66. The van der Waals surface area contributed by atoms with Crippen LogP contribution in [0.5, 0.6) is 11.5 Å². The molecule has 154 valence electrons. The van der Waals surface area contributed by atoms with Crippen molar-refractivity contribution in [2.75, 3.05) is 33.9 Å². The van der Waals surface area contributed by atoms with Gasteiger partial charge in [-0.05, 0) is 43.2 Å². The number of amides is 2. The fourth-order valence-corrected chi connectivity index (χ4v) is 5.52. The van der Waals surface area contributed by atoms with Crippen molar-refractivity contribution in [1.29, 1.82) is 0 Å². The Morgan fingerprint density at radius 3 is 2.69 bits per heavy atom. The maximum absolute atomic E-state index is 13.3. The van der Waals surface area contributed by atoms with Crippen molar-refractivity contribution in [3.63, 3.8) is 0 Å². The third kappa shape index (κ3) is 3.03. The molecule has 0 saturated carbocycles. The number of methoxy groups -OCH3 is 2. The highest BCUT2D eigenvalue weighted by molar-refractivity contribution is 5.98. The van der Waals surface area contributed by atoms with E-state index in [9.17, 15) is 9.59 Å². The van der Waals surface area contributed by atoms with E-state index in [1.54, 1.807) is 14.2 Å². The normalized spacial score (nSPS) is 26.4. The van der Waals surface area contributed by atoms with Crippen molar-refractivity contribution in [3.05, 3.63) is 23.9 Å². The van der Waals surface area contributed by atoms with Gasteiger partial charge in [-0.3, -0.25) is 9.59 Å². The van der Waals surface area contributed by atoms with Crippen LogP contribution >= 0.6 is 0 Å². The van der Waals surface area contributed by atoms with E-state index < -0.39 is 0 Å². The first-order valence-electron chi connectivity index (χ1n) is 10.4. The first-order valence-corrected chi connectivity index (χ1v) is 10.4. The van der Waals surface area contributed by atoms with E-state index in [4.69, 9.17) is 9.47 Å². The number of nitrogens with one attached hydrogen (secondary N) is 1. The Hall–Kier alpha value is -2.70. The molecule has 3 fully saturated rings. The van der Waals surface area contributed by atoms with Gasteiger partial charge in [0, 0.05) is 49.1 Å². The average molecular weight is 397 g/mol. The number of ether oxygens (including phenoxy) is 2. The molecule has 2 bridgehead atoms. The minimum Gasteiger partial charge on any atom is -0.493 e. The molecule has 5 rings (SSSR count). The van der Waals surface area contributed by atoms with Crippen LogP contribution in [-0.2, 0) is 4.79 Å². The molecule has 2 aromatic rings. The highest BCUT2D eigenvalue weighted by atomic mass is 16.5. The summed E-state index contributed by atoms with van der Waals surface area (Å²) >= 11 is 0. The topological polar surface area (TPSA) is 74.9 Å². The van der Waals surface area contributed by atoms with Gasteiger partial charge in [-0.2, -0.15) is 0 Å². The molecule has 2 amide bonds. The third-order valence-corrected chi connectivity index (χ3v) is 6.82. The molecule has 1 unspecified atom stereocenters. The van der Waals surface area contributed by atoms with E-state index in [0.717, 1.165) is 43.3 Å². The van der Waals surface area contributed by atoms with Crippen molar-refractivity contribution in [3.8, 4) is 11.5 Å². The maximum atomic E-state index is 13.3. The van der Waals surface area contributed by atoms with Crippen molar-refractivity contribution < 1.29 is 19.1 Å². The number of hydrogen-bond donors (Lipinski definition) is 1. The predicted molar refractivity (Wildman–Crippen MR) is 108 cm³/mol. The van der Waals surface area contributed by atoms with Crippen LogP contribution in [0.1, 0.15) is 36.2 Å². The van der Waals surface area contributed by atoms with Crippen LogP contribution in [0.3, 0.4) is 0 Å². The molecule has 0 spiro atoms. The fourth-order valence-electron chi connectivity index (χ4n) is 5.52. The van der Waals surface area contributed by atoms with Crippen LogP contribution < -0.4 is 9.47 Å². The van der Waals surface area contributed by atoms with Gasteiger partial charge in [0.15, 0.2) is 11.5 Å². The van der Waals surface area contributed by atoms with E-state index >= 15 is 0 Å². The summed E-state index contributed by atoms with van der Waals surface area (Å²) in [5.74, 6) is 2.38. The number of piperidine rings is 3. The zero-order valence-electron chi connectivity index (χ0n) is 16.9. The van der Waals surface area contributed by atoms with Gasteiger partial charge >= 0.3 is 0 Å². The molecule has 7 heteroatoms. The molecular formula is C22H27N3O4. The van der Waals surface area contributed by atoms with Crippen molar-refractivity contribution in [1.82, 2.24) is 14.8 Å². The molecule has 3 aliphatic heterocycles. The number of aromatic amines is 1. The number of benzene rings is 1. The number of carbonyl (C=O) groups excluding carboxylic acids is 2. The summed E-state index contributed by atoms with van der Waals surface area (Å²) in [5.41, 5.74) is 1.44. The molecule has 4 heterocycles. The number of H-pyrrole nitrogens is 1. The minimum atomic E-state index is 0.0319. The third-order valence-electron chi connectivity index (χ3n) is 6.82. The lowest BCUT2D eigenvalue weighted by molar-refractivity contribution is -0.144. The summed E-state index contributed by atoms with van der Waals surface area (Å²) < 4.78 is 10.7. The number of hydrogen-bond acceptors (Lipinski definition) is 4. The molecule has 0 radical (unpaired) electrons. The number of rotatable bonds is 3. The second-order valence-electron chi connectivity index (χ2n) is 8.56. The number of aromatic nitrogens is 1. The van der Waals surface area contributed by atoms with E-state index in [0.29, 0.717) is 53.9 Å². The lowest BCUT2D eigenvalue weighted by Gasteiger charge is -2.52. The van der Waals surface area contributed by atoms with Gasteiger partial charge in [-0.15, -0.1) is 0 Å². The summed E-state index contributed by atoms with van der Waals surface area (Å²) in [6.45, 7) is 2.24. The van der Waals surface area contributed by atoms with Gasteiger partial charge in [-0.1, -0.05) is 0 Å². The highest BCUT2D eigenvalue weighted by Crippen LogP contribution is 2.38. The number of likely N-dealkylation sites (tertiary alicyclic amines) is 1. The van der Waals surface area contributed by atoms with Gasteiger partial charge < -0.3 is 24.3 Å². The van der Waals surface area contributed by atoms with Crippen LogP contribution in [0, 0.1) is 11.8 Å². The Labute approximate surface area is 169 Å². The van der Waals surface area contributed by atoms with Crippen LogP contribution in [0.2, 0.25) is 0 Å². The Morgan fingerprint density at radius 1 is 1.10 bits per heavy atom. The van der Waals surface area contributed by atoms with E-state index in [1.807, 2.05) is 23.1 Å². The lowest BCUT2D eigenvalue weighted by Crippen LogP contribution is -2.61. The standard InChI is InChI=1S/C22H27N3O4/c1-28-19-8-14-7-17(23-16(14)9-20(19)29-2)22(27)24-10-13-6-15(12-24)18-4-3-5-21(26)25(18)11-13/h7-9,13,15,18,23H,3-6,10-12H2,1-2H3/t13-,15+,18?/m1/s1. The van der Waals surface area contributed by atoms with Crippen molar-refractivity contribution in [2.45, 2.75) is 31.7 Å². The molecule has 3 saturated heterocycles. The number of fused-ring (bicyclic) bond motifs is 5. The molecule has 1 aromatic carbocycles. The van der Waals surface area contributed by atoms with E-state index in [1.165, 1.54) is 0 Å². The second kappa shape index (κ2) is 6.97. The summed E-state index contributed by atoms with van der Waals surface area (Å²) in [6, 6.07) is 5.94. The van der Waals surface area contributed by atoms with Crippen LogP contribution in [0.25, 0.3) is 10.9 Å². The molecule has 7 nitrogen and oxygen atoms in total. The largest absolute Gasteiger partial charge is 0.493 e. The molecule has 1 aromatic heterocycles. The van der Waals surface area contributed by atoms with Gasteiger partial charge in [0.05, 0.1) is 14.2 Å². The Kier molecular flexibility index (Phi) is 4.41. The van der Waals surface area contributed by atoms with Gasteiger partial charge in [0.1, 0.15) is 5.69 Å². The van der Waals surface area contributed by atoms with Crippen LogP contribution in [-0.4, -0.2) is 66.5 Å². The molecule has 3 aliphatic rings. The van der Waals surface area contributed by atoms with E-state index in [2.05, 4.69) is 9.88 Å². The SMILES string of the molecule is COc1cc2cc(C(=O)N3C[C@H]4C[C@@H](C3)C3CCCC(=O)N3C4)[nH]c2cc1OC. The highest BCUT2D eigenvalue weighted by Gasteiger charge is 2.45. The van der Waals surface area contributed by atoms with E-state index in [-0.39, 0.29) is 5.91 Å². The minimum absolute atomic E-state index is 0.0319. The molecule has 29 heavy (non-hydrogen) atoms. The smallest absolute Gasteiger partial charge is 0.270 e. The van der Waals surface area contributed by atoms with Crippen LogP contribution in [0.15, 0.2) is 18.2 Å². The zero-order chi connectivity index (χ0) is 20.1. The first kappa shape index (κ1) is 18.3. The lowest BCUT2D eigenvalue weighted by atomic mass is 9.76. The second-order valence-corrected chi connectivity index (χ2v) is 8.56. The average Bonchev–Trinajstić information content (AvgIpc) is 3.15. The molecule has 0 aliphatic carbocycles. The zero-order valence-corrected chi connectivity index (χ0v) is 16.9. The molecular weight excluding hydrogens is 370 g/mol. The molecule has 1 N–H and O–H groups in total. The fraction of sp³-hybridized carbons (Fsp3) is 0.545. The van der Waals surface area contributed by atoms with Crippen molar-refractivity contribution >= 4 is 22.7 Å². The van der Waals surface area contributed by atoms with Gasteiger partial charge in [0.25, 0.3) is 5.91 Å². The molecule has 3 atom stereocenters. The first-order chi connectivity index (χ1) is 14.1. The Bertz CT molecular complexity index is 927. The quantitative estimate of drug-likeness (QED) is 0.864. The summed E-state index contributed by atoms with van der Waals surface area (Å²) in [7, 11) is 3.21.